The van der Waals surface area contributed by atoms with E-state index >= 15 is 0 Å². The van der Waals surface area contributed by atoms with Gasteiger partial charge in [-0.25, -0.2) is 0 Å². The highest BCUT2D eigenvalue weighted by Gasteiger charge is 2.50. The zero-order valence-electron chi connectivity index (χ0n) is 21.3. The molecule has 1 fully saturated rings. The van der Waals surface area contributed by atoms with E-state index in [0.29, 0.717) is 5.92 Å². The fourth-order valence-corrected chi connectivity index (χ4v) is 4.04. The van der Waals surface area contributed by atoms with E-state index in [1.165, 1.54) is 16.7 Å². The van der Waals surface area contributed by atoms with E-state index in [1.807, 2.05) is 25.2 Å². The Balaban J connectivity index is 1.92. The van der Waals surface area contributed by atoms with Crippen LogP contribution in [-0.2, 0) is 9.31 Å². The number of rotatable bonds is 7. The SMILES string of the molecule is C/N=C(\C=C\B1OC(C)(C)C(C)(C)O1)C(=C/C(C)C1=CC=CCC1)/C=C(\C)c1ccccc1. The Labute approximate surface area is 200 Å². The number of allylic oxidation sites excluding steroid dienone is 9. The standard InChI is InChI=1S/C29H38BNO2/c1-22(24-14-10-8-11-15-24)20-26(21-23(2)25-16-12-9-13-17-25)27(31-7)18-19-30-32-28(3,4)29(5,6)33-30/h8-12,14-16,18-21,23H,13,17H2,1-7H3/b19-18+,22-20+,26-21+,31-27+. The van der Waals surface area contributed by atoms with Crippen LogP contribution in [0.3, 0.4) is 0 Å². The van der Waals surface area contributed by atoms with Crippen molar-refractivity contribution in [2.75, 3.05) is 7.05 Å². The third-order valence-electron chi connectivity index (χ3n) is 6.88. The van der Waals surface area contributed by atoms with Gasteiger partial charge < -0.3 is 9.31 Å². The fraction of sp³-hybridized carbons (Fsp3) is 0.414. The van der Waals surface area contributed by atoms with Crippen LogP contribution >= 0.6 is 0 Å². The minimum atomic E-state index is -0.393. The van der Waals surface area contributed by atoms with Crippen LogP contribution in [0.2, 0.25) is 0 Å². The van der Waals surface area contributed by atoms with Crippen LogP contribution < -0.4 is 0 Å². The smallest absolute Gasteiger partial charge is 0.400 e. The molecule has 0 amide bonds. The Bertz CT molecular complexity index is 993. The van der Waals surface area contributed by atoms with E-state index in [2.05, 4.69) is 101 Å². The van der Waals surface area contributed by atoms with E-state index in [1.54, 1.807) is 0 Å². The fourth-order valence-electron chi connectivity index (χ4n) is 4.04. The lowest BCUT2D eigenvalue weighted by atomic mass is 9.87. The predicted octanol–water partition coefficient (Wildman–Crippen LogP) is 7.19. The van der Waals surface area contributed by atoms with Crippen molar-refractivity contribution in [1.29, 1.82) is 0 Å². The molecule has 1 atom stereocenters. The molecule has 1 unspecified atom stereocenters. The third-order valence-corrected chi connectivity index (χ3v) is 6.88. The zero-order valence-corrected chi connectivity index (χ0v) is 21.3. The maximum Gasteiger partial charge on any atom is 0.487 e. The minimum Gasteiger partial charge on any atom is -0.400 e. The minimum absolute atomic E-state index is 0.326. The van der Waals surface area contributed by atoms with Gasteiger partial charge in [0.25, 0.3) is 0 Å². The molecule has 0 saturated carbocycles. The Kier molecular flexibility index (Phi) is 8.15. The highest BCUT2D eigenvalue weighted by molar-refractivity contribution is 6.52. The molecule has 1 aromatic carbocycles. The van der Waals surface area contributed by atoms with Gasteiger partial charge in [0.1, 0.15) is 0 Å². The van der Waals surface area contributed by atoms with Gasteiger partial charge in [-0.05, 0) is 82.2 Å². The average molecular weight is 443 g/mol. The molecule has 0 N–H and O–H groups in total. The van der Waals surface area contributed by atoms with Gasteiger partial charge in [0.2, 0.25) is 0 Å². The van der Waals surface area contributed by atoms with Gasteiger partial charge in [0.15, 0.2) is 0 Å². The van der Waals surface area contributed by atoms with Crippen molar-refractivity contribution in [1.82, 2.24) is 0 Å². The number of hydrogen-bond acceptors (Lipinski definition) is 3. The lowest BCUT2D eigenvalue weighted by molar-refractivity contribution is 0.00578. The van der Waals surface area contributed by atoms with E-state index in [9.17, 15) is 0 Å². The van der Waals surface area contributed by atoms with Crippen LogP contribution in [-0.4, -0.2) is 31.1 Å². The van der Waals surface area contributed by atoms with Gasteiger partial charge in [0, 0.05) is 7.05 Å². The van der Waals surface area contributed by atoms with Gasteiger partial charge in [-0.1, -0.05) is 73.1 Å². The summed E-state index contributed by atoms with van der Waals surface area (Å²) in [5.74, 6) is 2.30. The van der Waals surface area contributed by atoms with Crippen molar-refractivity contribution in [2.24, 2.45) is 10.9 Å². The summed E-state index contributed by atoms with van der Waals surface area (Å²) in [4.78, 5) is 4.64. The van der Waals surface area contributed by atoms with Crippen LogP contribution in [0, 0.1) is 5.92 Å². The van der Waals surface area contributed by atoms with Crippen molar-refractivity contribution in [3.05, 3.63) is 89.5 Å². The summed E-state index contributed by atoms with van der Waals surface area (Å²) in [6.45, 7) is 12.7. The van der Waals surface area contributed by atoms with Crippen molar-refractivity contribution in [2.45, 2.75) is 65.6 Å². The molecule has 1 aromatic rings. The van der Waals surface area contributed by atoms with E-state index in [4.69, 9.17) is 9.31 Å². The molecule has 1 aliphatic carbocycles. The van der Waals surface area contributed by atoms with Crippen molar-refractivity contribution >= 4 is 18.4 Å². The molecular formula is C29H38BNO2. The molecule has 1 aliphatic heterocycles. The second kappa shape index (κ2) is 10.7. The lowest BCUT2D eigenvalue weighted by Crippen LogP contribution is -2.41. The molecule has 3 nitrogen and oxygen atoms in total. The molecule has 33 heavy (non-hydrogen) atoms. The molecule has 2 aliphatic rings. The first kappa shape index (κ1) is 25.2. The topological polar surface area (TPSA) is 30.8 Å². The second-order valence-corrected chi connectivity index (χ2v) is 9.91. The largest absolute Gasteiger partial charge is 0.487 e. The maximum atomic E-state index is 6.15. The van der Waals surface area contributed by atoms with Crippen molar-refractivity contribution < 1.29 is 9.31 Å². The number of aliphatic imine (C=N–C) groups is 1. The maximum absolute atomic E-state index is 6.15. The average Bonchev–Trinajstić information content (AvgIpc) is 3.01. The van der Waals surface area contributed by atoms with E-state index in [0.717, 1.165) is 24.1 Å². The Hall–Kier alpha value is -2.43. The molecule has 174 valence electrons. The van der Waals surface area contributed by atoms with Crippen molar-refractivity contribution in [3.63, 3.8) is 0 Å². The van der Waals surface area contributed by atoms with Gasteiger partial charge in [-0.15, -0.1) is 0 Å². The normalized spacial score (nSPS) is 22.1. The summed E-state index contributed by atoms with van der Waals surface area (Å²) >= 11 is 0. The Morgan fingerprint density at radius 3 is 2.33 bits per heavy atom. The first-order valence-electron chi connectivity index (χ1n) is 11.9. The summed E-state index contributed by atoms with van der Waals surface area (Å²) in [5.41, 5.74) is 5.17. The van der Waals surface area contributed by atoms with Gasteiger partial charge in [-0.2, -0.15) is 0 Å². The molecule has 1 heterocycles. The first-order chi connectivity index (χ1) is 15.6. The van der Waals surface area contributed by atoms with Gasteiger partial charge in [0.05, 0.1) is 16.9 Å². The summed E-state index contributed by atoms with van der Waals surface area (Å²) in [7, 11) is 1.45. The van der Waals surface area contributed by atoms with Gasteiger partial charge >= 0.3 is 7.12 Å². The number of hydrogen-bond donors (Lipinski definition) is 0. The summed E-state index contributed by atoms with van der Waals surface area (Å²) in [6.07, 6.45) is 15.5. The Morgan fingerprint density at radius 1 is 1.09 bits per heavy atom. The lowest BCUT2D eigenvalue weighted by Gasteiger charge is -2.32. The summed E-state index contributed by atoms with van der Waals surface area (Å²) in [6, 6.07) is 10.5. The van der Waals surface area contributed by atoms with E-state index < -0.39 is 7.12 Å². The zero-order chi connectivity index (χ0) is 24.1. The predicted molar refractivity (Wildman–Crippen MR) is 142 cm³/mol. The van der Waals surface area contributed by atoms with Crippen LogP contribution in [0.4, 0.5) is 0 Å². The summed E-state index contributed by atoms with van der Waals surface area (Å²) < 4.78 is 12.3. The van der Waals surface area contributed by atoms with Crippen LogP contribution in [0.5, 0.6) is 0 Å². The molecule has 0 bridgehead atoms. The van der Waals surface area contributed by atoms with Crippen molar-refractivity contribution in [3.8, 4) is 0 Å². The third kappa shape index (κ3) is 6.34. The van der Waals surface area contributed by atoms with E-state index in [-0.39, 0.29) is 11.2 Å². The van der Waals surface area contributed by atoms with Crippen LogP contribution in [0.1, 0.15) is 59.9 Å². The van der Waals surface area contributed by atoms with Crippen LogP contribution in [0.25, 0.3) is 5.57 Å². The summed E-state index contributed by atoms with van der Waals surface area (Å²) in [5, 5.41) is 0. The van der Waals surface area contributed by atoms with Crippen LogP contribution in [0.15, 0.2) is 88.9 Å². The molecule has 0 aromatic heterocycles. The Morgan fingerprint density at radius 2 is 1.76 bits per heavy atom. The molecule has 3 rings (SSSR count). The molecule has 0 spiro atoms. The molecule has 1 saturated heterocycles. The van der Waals surface area contributed by atoms with Gasteiger partial charge in [-0.3, -0.25) is 4.99 Å². The number of nitrogens with zero attached hydrogens (tertiary/aromatic N) is 1. The highest BCUT2D eigenvalue weighted by atomic mass is 16.7. The number of benzene rings is 1. The quantitative estimate of drug-likeness (QED) is 0.254. The monoisotopic (exact) mass is 443 g/mol. The highest BCUT2D eigenvalue weighted by Crippen LogP contribution is 2.37. The molecule has 0 radical (unpaired) electrons. The first-order valence-corrected chi connectivity index (χ1v) is 11.9. The molecule has 4 heteroatoms. The molecular weight excluding hydrogens is 405 g/mol. The second-order valence-electron chi connectivity index (χ2n) is 9.91.